The predicted octanol–water partition coefficient (Wildman–Crippen LogP) is 3.95. The van der Waals surface area contributed by atoms with Gasteiger partial charge in [0.1, 0.15) is 5.75 Å². The number of methoxy groups -OCH3 is 1. The highest BCUT2D eigenvalue weighted by Gasteiger charge is 2.15. The van der Waals surface area contributed by atoms with Gasteiger partial charge in [0.15, 0.2) is 0 Å². The second-order valence-corrected chi connectivity index (χ2v) is 5.88. The van der Waals surface area contributed by atoms with Gasteiger partial charge in [-0.25, -0.2) is 0 Å². The van der Waals surface area contributed by atoms with E-state index < -0.39 is 0 Å². The van der Waals surface area contributed by atoms with E-state index in [4.69, 9.17) is 4.74 Å². The number of ether oxygens (including phenoxy) is 1. The van der Waals surface area contributed by atoms with Crippen LogP contribution in [-0.2, 0) is 19.5 Å². The molecule has 0 unspecified atom stereocenters. The van der Waals surface area contributed by atoms with Crippen LogP contribution >= 0.6 is 0 Å². The minimum absolute atomic E-state index is 0.973. The highest BCUT2D eigenvalue weighted by Crippen LogP contribution is 2.24. The Balaban J connectivity index is 1.78. The fraction of sp³-hybridized carbons (Fsp3) is 0.368. The quantitative estimate of drug-likeness (QED) is 0.844. The fourth-order valence-electron chi connectivity index (χ4n) is 3.09. The Morgan fingerprint density at radius 1 is 1.10 bits per heavy atom. The van der Waals surface area contributed by atoms with E-state index in [1.165, 1.54) is 28.7 Å². The molecule has 0 radical (unpaired) electrons. The van der Waals surface area contributed by atoms with Gasteiger partial charge in [0, 0.05) is 13.1 Å². The van der Waals surface area contributed by atoms with Crippen molar-refractivity contribution in [2.24, 2.45) is 0 Å². The van der Waals surface area contributed by atoms with Gasteiger partial charge in [0.25, 0.3) is 0 Å². The third-order valence-electron chi connectivity index (χ3n) is 4.38. The molecule has 0 aliphatic carbocycles. The van der Waals surface area contributed by atoms with E-state index in [9.17, 15) is 0 Å². The molecule has 0 saturated heterocycles. The first-order chi connectivity index (χ1) is 10.3. The first-order valence-corrected chi connectivity index (χ1v) is 7.69. The van der Waals surface area contributed by atoms with Gasteiger partial charge in [-0.2, -0.15) is 0 Å². The average Bonchev–Trinajstić information content (AvgIpc) is 2.70. The zero-order chi connectivity index (χ0) is 14.7. The number of hydrogen-bond donors (Lipinski definition) is 0. The van der Waals surface area contributed by atoms with Gasteiger partial charge in [-0.3, -0.25) is 4.90 Å². The Morgan fingerprint density at radius 2 is 1.95 bits per heavy atom. The van der Waals surface area contributed by atoms with Crippen LogP contribution in [-0.4, -0.2) is 18.6 Å². The van der Waals surface area contributed by atoms with Crippen LogP contribution in [0.2, 0.25) is 0 Å². The van der Waals surface area contributed by atoms with Gasteiger partial charge in [-0.1, -0.05) is 30.3 Å². The SMILES string of the molecule is COc1ccc2c(c1)CCCN(Cc1ccccc1C)C2. The zero-order valence-electron chi connectivity index (χ0n) is 12.9. The molecule has 0 amide bonds. The van der Waals surface area contributed by atoms with Crippen LogP contribution < -0.4 is 4.74 Å². The normalized spacial score (nSPS) is 15.3. The van der Waals surface area contributed by atoms with Crippen LogP contribution in [0.3, 0.4) is 0 Å². The molecule has 1 aliphatic rings. The van der Waals surface area contributed by atoms with Crippen molar-refractivity contribution in [1.29, 1.82) is 0 Å². The topological polar surface area (TPSA) is 12.5 Å². The van der Waals surface area contributed by atoms with Gasteiger partial charge in [-0.15, -0.1) is 0 Å². The lowest BCUT2D eigenvalue weighted by molar-refractivity contribution is 0.260. The van der Waals surface area contributed by atoms with Crippen LogP contribution in [0.1, 0.15) is 28.7 Å². The molecule has 2 nitrogen and oxygen atoms in total. The maximum Gasteiger partial charge on any atom is 0.119 e. The molecule has 3 rings (SSSR count). The van der Waals surface area contributed by atoms with E-state index in [0.717, 1.165) is 31.8 Å². The van der Waals surface area contributed by atoms with Crippen LogP contribution in [0.15, 0.2) is 42.5 Å². The summed E-state index contributed by atoms with van der Waals surface area (Å²) in [7, 11) is 1.74. The second kappa shape index (κ2) is 6.31. The van der Waals surface area contributed by atoms with Crippen molar-refractivity contribution < 1.29 is 4.74 Å². The number of fused-ring (bicyclic) bond motifs is 1. The number of nitrogens with zero attached hydrogens (tertiary/aromatic N) is 1. The molecule has 1 aliphatic heterocycles. The molecule has 0 fully saturated rings. The first kappa shape index (κ1) is 14.2. The molecule has 2 heteroatoms. The summed E-state index contributed by atoms with van der Waals surface area (Å²) in [6.07, 6.45) is 2.36. The van der Waals surface area contributed by atoms with Gasteiger partial charge < -0.3 is 4.74 Å². The van der Waals surface area contributed by atoms with Crippen molar-refractivity contribution >= 4 is 0 Å². The van der Waals surface area contributed by atoms with E-state index in [2.05, 4.69) is 54.3 Å². The highest BCUT2D eigenvalue weighted by molar-refractivity contribution is 5.36. The molecular formula is C19H23NO. The summed E-state index contributed by atoms with van der Waals surface area (Å²) in [6.45, 7) is 5.43. The van der Waals surface area contributed by atoms with Crippen molar-refractivity contribution in [3.63, 3.8) is 0 Å². The summed E-state index contributed by atoms with van der Waals surface area (Å²) < 4.78 is 5.35. The summed E-state index contributed by atoms with van der Waals surface area (Å²) in [6, 6.07) is 15.2. The summed E-state index contributed by atoms with van der Waals surface area (Å²) in [5, 5.41) is 0. The van der Waals surface area contributed by atoms with Crippen molar-refractivity contribution in [2.75, 3.05) is 13.7 Å². The van der Waals surface area contributed by atoms with Crippen molar-refractivity contribution in [2.45, 2.75) is 32.9 Å². The van der Waals surface area contributed by atoms with E-state index >= 15 is 0 Å². The minimum Gasteiger partial charge on any atom is -0.497 e. The third kappa shape index (κ3) is 3.27. The second-order valence-electron chi connectivity index (χ2n) is 5.88. The number of rotatable bonds is 3. The summed E-state index contributed by atoms with van der Waals surface area (Å²) in [5.41, 5.74) is 5.72. The van der Waals surface area contributed by atoms with E-state index in [-0.39, 0.29) is 0 Å². The maximum atomic E-state index is 5.35. The van der Waals surface area contributed by atoms with E-state index in [0.29, 0.717) is 0 Å². The van der Waals surface area contributed by atoms with Crippen molar-refractivity contribution in [3.8, 4) is 5.75 Å². The predicted molar refractivity (Wildman–Crippen MR) is 86.6 cm³/mol. The Bertz CT molecular complexity index is 621. The Morgan fingerprint density at radius 3 is 2.76 bits per heavy atom. The van der Waals surface area contributed by atoms with Gasteiger partial charge in [0.05, 0.1) is 7.11 Å². The molecule has 0 aromatic heterocycles. The average molecular weight is 281 g/mol. The Hall–Kier alpha value is -1.80. The standard InChI is InChI=1S/C19H23NO/c1-15-6-3-4-7-17(15)13-20-11-5-8-16-12-19(21-2)10-9-18(16)14-20/h3-4,6-7,9-10,12H,5,8,11,13-14H2,1-2H3. The van der Waals surface area contributed by atoms with Gasteiger partial charge in [-0.05, 0) is 60.7 Å². The van der Waals surface area contributed by atoms with E-state index in [1.807, 2.05) is 0 Å². The lowest BCUT2D eigenvalue weighted by atomic mass is 10.0. The summed E-state index contributed by atoms with van der Waals surface area (Å²) >= 11 is 0. The molecule has 110 valence electrons. The largest absolute Gasteiger partial charge is 0.497 e. The number of benzene rings is 2. The molecule has 2 aromatic rings. The Labute approximate surface area is 127 Å². The van der Waals surface area contributed by atoms with Crippen LogP contribution in [0.5, 0.6) is 5.75 Å². The molecule has 0 bridgehead atoms. The smallest absolute Gasteiger partial charge is 0.119 e. The maximum absolute atomic E-state index is 5.35. The van der Waals surface area contributed by atoms with Crippen LogP contribution in [0.25, 0.3) is 0 Å². The first-order valence-electron chi connectivity index (χ1n) is 7.69. The molecule has 0 spiro atoms. The fourth-order valence-corrected chi connectivity index (χ4v) is 3.09. The number of hydrogen-bond acceptors (Lipinski definition) is 2. The number of aryl methyl sites for hydroxylation is 2. The monoisotopic (exact) mass is 281 g/mol. The molecule has 0 saturated carbocycles. The summed E-state index contributed by atoms with van der Waals surface area (Å²) in [5.74, 6) is 0.973. The lowest BCUT2D eigenvalue weighted by Crippen LogP contribution is -2.23. The van der Waals surface area contributed by atoms with Crippen molar-refractivity contribution in [3.05, 3.63) is 64.7 Å². The minimum atomic E-state index is 0.973. The zero-order valence-corrected chi connectivity index (χ0v) is 12.9. The van der Waals surface area contributed by atoms with Crippen LogP contribution in [0, 0.1) is 6.92 Å². The van der Waals surface area contributed by atoms with Gasteiger partial charge >= 0.3 is 0 Å². The molecule has 2 aromatic carbocycles. The molecular weight excluding hydrogens is 258 g/mol. The van der Waals surface area contributed by atoms with E-state index in [1.54, 1.807) is 7.11 Å². The molecule has 0 N–H and O–H groups in total. The lowest BCUT2D eigenvalue weighted by Gasteiger charge is -2.21. The van der Waals surface area contributed by atoms with Crippen LogP contribution in [0.4, 0.5) is 0 Å². The van der Waals surface area contributed by atoms with Crippen molar-refractivity contribution in [1.82, 2.24) is 4.90 Å². The molecule has 1 heterocycles. The highest BCUT2D eigenvalue weighted by atomic mass is 16.5. The Kier molecular flexibility index (Phi) is 4.26. The molecule has 0 atom stereocenters. The third-order valence-corrected chi connectivity index (χ3v) is 4.38. The van der Waals surface area contributed by atoms with Gasteiger partial charge in [0.2, 0.25) is 0 Å². The molecule has 21 heavy (non-hydrogen) atoms. The summed E-state index contributed by atoms with van der Waals surface area (Å²) in [4.78, 5) is 2.56.